The highest BCUT2D eigenvalue weighted by Crippen LogP contribution is 2.43. The SMILES string of the molecule is Cn1cc(-c2ccc(S(=O)(=O)[C@H]3C[C@@H](OC4CCC4)[C@H](C(=O)O)C3)c(C(F)(F)F)c2)cn1. The molecule has 2 fully saturated rings. The quantitative estimate of drug-likeness (QED) is 0.689. The second-order valence-electron chi connectivity index (χ2n) is 8.42. The first-order valence-electron chi connectivity index (χ1n) is 10.3. The van der Waals surface area contributed by atoms with Gasteiger partial charge in [-0.25, -0.2) is 8.42 Å². The zero-order valence-electron chi connectivity index (χ0n) is 17.2. The number of carboxylic acid groups (broad SMARTS) is 1. The number of hydrogen-bond acceptors (Lipinski definition) is 5. The Bertz CT molecular complexity index is 1120. The fourth-order valence-corrected chi connectivity index (χ4v) is 6.30. The van der Waals surface area contributed by atoms with Crippen molar-refractivity contribution in [1.29, 1.82) is 0 Å². The zero-order chi connectivity index (χ0) is 23.3. The maximum Gasteiger partial charge on any atom is 0.417 e. The number of halogens is 3. The van der Waals surface area contributed by atoms with E-state index < -0.39 is 49.7 Å². The third-order valence-electron chi connectivity index (χ3n) is 6.27. The summed E-state index contributed by atoms with van der Waals surface area (Å²) in [5, 5.41) is 12.2. The van der Waals surface area contributed by atoms with Crippen LogP contribution in [0.5, 0.6) is 0 Å². The van der Waals surface area contributed by atoms with Gasteiger partial charge >= 0.3 is 12.1 Å². The van der Waals surface area contributed by atoms with Gasteiger partial charge in [-0.1, -0.05) is 6.07 Å². The van der Waals surface area contributed by atoms with Crippen LogP contribution in [0.4, 0.5) is 13.2 Å². The van der Waals surface area contributed by atoms with Gasteiger partial charge in [0.05, 0.1) is 40.0 Å². The van der Waals surface area contributed by atoms with Gasteiger partial charge < -0.3 is 9.84 Å². The second kappa shape index (κ2) is 8.18. The lowest BCUT2D eigenvalue weighted by Crippen LogP contribution is -2.33. The summed E-state index contributed by atoms with van der Waals surface area (Å²) in [5.41, 5.74) is -0.665. The molecule has 1 aromatic carbocycles. The molecule has 7 nitrogen and oxygen atoms in total. The summed E-state index contributed by atoms with van der Waals surface area (Å²) in [5.74, 6) is -2.27. The van der Waals surface area contributed by atoms with Crippen LogP contribution in [-0.4, -0.2) is 46.7 Å². The Morgan fingerprint density at radius 3 is 2.47 bits per heavy atom. The Labute approximate surface area is 183 Å². The molecule has 2 aliphatic carbocycles. The summed E-state index contributed by atoms with van der Waals surface area (Å²) >= 11 is 0. The van der Waals surface area contributed by atoms with Crippen LogP contribution in [0.15, 0.2) is 35.5 Å². The number of carboxylic acids is 1. The number of rotatable bonds is 6. The number of alkyl halides is 3. The van der Waals surface area contributed by atoms with Crippen molar-refractivity contribution in [3.05, 3.63) is 36.2 Å². The molecule has 4 rings (SSSR count). The van der Waals surface area contributed by atoms with E-state index in [4.69, 9.17) is 4.74 Å². The molecule has 2 aliphatic rings. The van der Waals surface area contributed by atoms with E-state index in [0.717, 1.165) is 31.4 Å². The molecule has 0 saturated heterocycles. The minimum absolute atomic E-state index is 0.118. The molecule has 32 heavy (non-hydrogen) atoms. The van der Waals surface area contributed by atoms with Crippen molar-refractivity contribution >= 4 is 15.8 Å². The highest BCUT2D eigenvalue weighted by atomic mass is 32.2. The fourth-order valence-electron chi connectivity index (χ4n) is 4.30. The molecule has 0 bridgehead atoms. The monoisotopic (exact) mass is 472 g/mol. The summed E-state index contributed by atoms with van der Waals surface area (Å²) in [7, 11) is -2.84. The van der Waals surface area contributed by atoms with Crippen molar-refractivity contribution in [1.82, 2.24) is 9.78 Å². The predicted molar refractivity (Wildman–Crippen MR) is 107 cm³/mol. The van der Waals surface area contributed by atoms with Crippen LogP contribution in [0.25, 0.3) is 11.1 Å². The van der Waals surface area contributed by atoms with Crippen molar-refractivity contribution in [3.8, 4) is 11.1 Å². The van der Waals surface area contributed by atoms with Gasteiger partial charge in [0.25, 0.3) is 0 Å². The first-order chi connectivity index (χ1) is 15.0. The van der Waals surface area contributed by atoms with Crippen molar-refractivity contribution < 1.29 is 36.2 Å². The number of sulfone groups is 1. The molecule has 0 spiro atoms. The van der Waals surface area contributed by atoms with E-state index in [2.05, 4.69) is 5.10 Å². The summed E-state index contributed by atoms with van der Waals surface area (Å²) in [6, 6.07) is 3.07. The van der Waals surface area contributed by atoms with Crippen LogP contribution in [0, 0.1) is 5.92 Å². The predicted octanol–water partition coefficient (Wildman–Crippen LogP) is 3.68. The maximum absolute atomic E-state index is 13.9. The van der Waals surface area contributed by atoms with Crippen molar-refractivity contribution in [2.75, 3.05) is 0 Å². The molecular weight excluding hydrogens is 449 g/mol. The Morgan fingerprint density at radius 2 is 1.94 bits per heavy atom. The minimum Gasteiger partial charge on any atom is -0.481 e. The second-order valence-corrected chi connectivity index (χ2v) is 10.6. The first-order valence-corrected chi connectivity index (χ1v) is 11.8. The Hall–Kier alpha value is -2.40. The first kappa shape index (κ1) is 22.8. The largest absolute Gasteiger partial charge is 0.481 e. The molecule has 1 heterocycles. The van der Waals surface area contributed by atoms with Gasteiger partial charge in [-0.05, 0) is 49.8 Å². The Balaban J connectivity index is 1.69. The van der Waals surface area contributed by atoms with Gasteiger partial charge in [0, 0.05) is 18.8 Å². The van der Waals surface area contributed by atoms with Crippen LogP contribution in [0.3, 0.4) is 0 Å². The van der Waals surface area contributed by atoms with E-state index in [1.807, 2.05) is 0 Å². The van der Waals surface area contributed by atoms with Crippen LogP contribution >= 0.6 is 0 Å². The highest BCUT2D eigenvalue weighted by molar-refractivity contribution is 7.92. The number of carbonyl (C=O) groups is 1. The Morgan fingerprint density at radius 1 is 1.22 bits per heavy atom. The number of aromatic nitrogens is 2. The topological polar surface area (TPSA) is 98.5 Å². The molecule has 3 atom stereocenters. The minimum atomic E-state index is -4.91. The molecule has 0 unspecified atom stereocenters. The highest BCUT2D eigenvalue weighted by Gasteiger charge is 2.48. The fraction of sp³-hybridized carbons (Fsp3) is 0.524. The summed E-state index contributed by atoms with van der Waals surface area (Å²) in [6.07, 6.45) is -0.866. The molecule has 2 saturated carbocycles. The van der Waals surface area contributed by atoms with Gasteiger partial charge in [0.2, 0.25) is 0 Å². The van der Waals surface area contributed by atoms with Crippen molar-refractivity contribution in [3.63, 3.8) is 0 Å². The van der Waals surface area contributed by atoms with Crippen molar-refractivity contribution in [2.24, 2.45) is 13.0 Å². The van der Waals surface area contributed by atoms with E-state index in [1.54, 1.807) is 7.05 Å². The van der Waals surface area contributed by atoms with Crippen LogP contribution < -0.4 is 0 Å². The summed E-state index contributed by atoms with van der Waals surface area (Å²) < 4.78 is 75.4. The number of hydrogen-bond donors (Lipinski definition) is 1. The lowest BCUT2D eigenvalue weighted by atomic mass is 9.95. The van der Waals surface area contributed by atoms with Gasteiger partial charge in [-0.15, -0.1) is 0 Å². The number of benzene rings is 1. The normalized spacial score (nSPS) is 24.4. The smallest absolute Gasteiger partial charge is 0.417 e. The third-order valence-corrected chi connectivity index (χ3v) is 8.50. The average molecular weight is 472 g/mol. The number of nitrogens with zero attached hydrogens (tertiary/aromatic N) is 2. The Kier molecular flexibility index (Phi) is 5.83. The molecule has 1 N–H and O–H groups in total. The molecule has 0 amide bonds. The molecule has 2 aromatic rings. The van der Waals surface area contributed by atoms with Gasteiger partial charge in [0.1, 0.15) is 0 Å². The maximum atomic E-state index is 13.9. The summed E-state index contributed by atoms with van der Waals surface area (Å²) in [4.78, 5) is 10.8. The van der Waals surface area contributed by atoms with Gasteiger partial charge in [-0.2, -0.15) is 18.3 Å². The third kappa shape index (κ3) is 4.27. The molecule has 0 aliphatic heterocycles. The number of ether oxygens (including phenoxy) is 1. The van der Waals surface area contributed by atoms with Crippen LogP contribution in [-0.2, 0) is 32.6 Å². The van der Waals surface area contributed by atoms with E-state index >= 15 is 0 Å². The lowest BCUT2D eigenvalue weighted by molar-refractivity contribution is -0.149. The van der Waals surface area contributed by atoms with Gasteiger partial charge in [-0.3, -0.25) is 9.48 Å². The number of aliphatic carboxylic acids is 1. The van der Waals surface area contributed by atoms with Crippen molar-refractivity contribution in [2.45, 2.75) is 60.6 Å². The molecular formula is C21H23F3N2O5S. The van der Waals surface area contributed by atoms with E-state index in [1.165, 1.54) is 23.1 Å². The molecule has 0 radical (unpaired) electrons. The lowest BCUT2D eigenvalue weighted by Gasteiger charge is -2.30. The standard InChI is InChI=1S/C21H23F3N2O5S/c1-26-11-13(10-25-26)12-5-6-19(17(7-12)21(22,23)24)32(29,30)15-8-16(20(27)28)18(9-15)31-14-3-2-4-14/h5-7,10-11,14-16,18H,2-4,8-9H2,1H3,(H,27,28)/t15-,16-,18-/m1/s1. The number of aryl methyl sites for hydroxylation is 1. The van der Waals surface area contributed by atoms with E-state index in [0.29, 0.717) is 5.56 Å². The molecule has 174 valence electrons. The summed E-state index contributed by atoms with van der Waals surface area (Å²) in [6.45, 7) is 0. The molecule has 11 heteroatoms. The van der Waals surface area contributed by atoms with Gasteiger partial charge in [0.15, 0.2) is 9.84 Å². The van der Waals surface area contributed by atoms with Crippen LogP contribution in [0.2, 0.25) is 0 Å². The van der Waals surface area contributed by atoms with E-state index in [9.17, 15) is 31.5 Å². The van der Waals surface area contributed by atoms with E-state index in [-0.39, 0.29) is 24.5 Å². The average Bonchev–Trinajstić information content (AvgIpc) is 3.30. The van der Waals surface area contributed by atoms with Crippen LogP contribution in [0.1, 0.15) is 37.7 Å². The molecule has 1 aromatic heterocycles. The zero-order valence-corrected chi connectivity index (χ0v) is 18.1.